The Labute approximate surface area is 472 Å². The van der Waals surface area contributed by atoms with Crippen molar-refractivity contribution in [3.63, 3.8) is 0 Å². The summed E-state index contributed by atoms with van der Waals surface area (Å²) in [6.07, 6.45) is 17.7. The number of primary amides is 4. The summed E-state index contributed by atoms with van der Waals surface area (Å²) in [6.45, 7) is 2.48. The maximum atomic E-state index is 15.1. The Morgan fingerprint density at radius 3 is 1.94 bits per heavy atom. The third-order valence-corrected chi connectivity index (χ3v) is 13.9. The fourth-order valence-corrected chi connectivity index (χ4v) is 9.45. The van der Waals surface area contributed by atoms with Gasteiger partial charge in [-0.1, -0.05) is 43.7 Å². The minimum Gasteiger partial charge on any atom is -0.394 e. The topological polar surface area (TPSA) is 427 Å². The number of hydrogen-bond donors (Lipinski definition) is 12. The number of aromatic nitrogens is 3. The van der Waals surface area contributed by atoms with Crippen molar-refractivity contribution in [1.82, 2.24) is 51.8 Å². The van der Waals surface area contributed by atoms with Crippen LogP contribution in [-0.4, -0.2) is 146 Å². The van der Waals surface area contributed by atoms with E-state index in [9.17, 15) is 48.3 Å². The molecule has 9 atom stereocenters. The second kappa shape index (κ2) is 31.7. The van der Waals surface area contributed by atoms with E-state index in [-0.39, 0.29) is 62.3 Å². The molecule has 79 heavy (non-hydrogen) atoms. The number of nitrogens with one attached hydrogen (secondary N) is 6. The summed E-state index contributed by atoms with van der Waals surface area (Å²) in [5, 5.41) is 35.8. The minimum atomic E-state index is -1.78. The van der Waals surface area contributed by atoms with Gasteiger partial charge in [0.25, 0.3) is 0 Å². The number of benzene rings is 1. The zero-order valence-corrected chi connectivity index (χ0v) is 45.3. The van der Waals surface area contributed by atoms with Gasteiger partial charge >= 0.3 is 23.1 Å². The van der Waals surface area contributed by atoms with Crippen LogP contribution in [0.25, 0.3) is 10.1 Å². The van der Waals surface area contributed by atoms with Crippen LogP contribution in [0.1, 0.15) is 69.7 Å². The van der Waals surface area contributed by atoms with E-state index in [4.69, 9.17) is 28.7 Å². The number of aliphatic hydroxyl groups excluding tert-OH is 1. The van der Waals surface area contributed by atoms with Gasteiger partial charge in [-0.05, 0) is 98.9 Å². The maximum Gasteiger partial charge on any atom is 2.00 e. The molecule has 3 heterocycles. The molecule has 0 bridgehead atoms. The fourth-order valence-electron chi connectivity index (χ4n) is 8.47. The standard InChI is InChI=1S/C46H62N15O11S.C5H5.Fe/c1-3-23(2)38(57-43(69)31(18-37(49)64)54-42(68)30(17-36(48)63)53-40(66)28(47)12-8-14-52-46(51)72)45(71)60-19-26(61-20-32(58-59-61)24-9-4-5-10-24)16-34(60)44(70)55-29(41(67)56-33(21-62)39(50)65)15-25-22-73-35-13-7-6-11-27(25)35;1-2-4-5-3-1;/h4-7,9-11,13,20,22-23,26,28-31,33-34,38,62H,3,8,12,14-19,21,47H2,1-2H3,(H2,48,63)(H2,49,64)(H2,50,65)(H,53,66)(H,54,68)(H,55,70)(H,56,67)(H,57,69)(H3,51,52,72);1-5H;/q;;+2/t23-,26-,28+,29-,30+,31+,33+,34-,38+;;/m0../s1. The van der Waals surface area contributed by atoms with Crippen molar-refractivity contribution in [2.24, 2.45) is 34.6 Å². The number of nitrogens with two attached hydrogens (primary N) is 5. The molecular weight excluding hydrogens is 1090 g/mol. The van der Waals surface area contributed by atoms with E-state index in [1.54, 1.807) is 20.0 Å². The van der Waals surface area contributed by atoms with E-state index < -0.39 is 133 Å². The van der Waals surface area contributed by atoms with Crippen molar-refractivity contribution >= 4 is 80.6 Å². The molecule has 1 aliphatic heterocycles. The number of carbonyl (C=O) groups is 10. The van der Waals surface area contributed by atoms with E-state index in [1.165, 1.54) is 20.9 Å². The SMILES string of the molecule is CC[C@H](C)[C@@H](NC(=O)[C@@H](CC(N)=O)NC(=O)[C@@H](CC(N)=O)NC(=O)[C@H](N)CCCNC(N)=O)C(=O)N1C[C@@H](n2cc([C]3[CH][CH][CH][CH]3)nn2)C[C@H]1C(=O)N[C@@H](Cc1csc2ccccc12)C(=O)N[C@H](CO)C(N)=O.[CH]1[CH][CH][CH][CH]1.[Fe+2]. The average Bonchev–Trinajstić information content (AvgIpc) is 4.30. The van der Waals surface area contributed by atoms with Crippen molar-refractivity contribution in [3.8, 4) is 0 Å². The largest absolute Gasteiger partial charge is 2.00 e. The summed E-state index contributed by atoms with van der Waals surface area (Å²) < 4.78 is 2.40. The van der Waals surface area contributed by atoms with Crippen LogP contribution >= 0.6 is 11.3 Å². The zero-order chi connectivity index (χ0) is 57.1. The molecule has 1 saturated heterocycles. The number of aliphatic hydroxyl groups is 1. The Morgan fingerprint density at radius 1 is 0.772 bits per heavy atom. The number of hydrogen-bond acceptors (Lipinski definition) is 15. The van der Waals surface area contributed by atoms with Crippen LogP contribution in [0.2, 0.25) is 0 Å². The molecule has 28 heteroatoms. The van der Waals surface area contributed by atoms with Crippen molar-refractivity contribution in [2.45, 2.75) is 107 Å². The number of urea groups is 1. The molecule has 3 fully saturated rings. The normalized spacial score (nSPS) is 18.7. The predicted molar refractivity (Wildman–Crippen MR) is 284 cm³/mol. The fraction of sp³-hybridized carbons (Fsp3) is 0.412. The number of rotatable bonds is 27. The van der Waals surface area contributed by atoms with Gasteiger partial charge in [0, 0.05) is 42.7 Å². The van der Waals surface area contributed by atoms with Crippen molar-refractivity contribution < 1.29 is 70.1 Å². The van der Waals surface area contributed by atoms with Gasteiger partial charge in [-0.25, -0.2) is 9.48 Å². The number of nitrogens with zero attached hydrogens (tertiary/aromatic N) is 4. The van der Waals surface area contributed by atoms with Crippen LogP contribution in [0.15, 0.2) is 35.8 Å². The summed E-state index contributed by atoms with van der Waals surface area (Å²) in [5.41, 5.74) is 28.5. The first-order chi connectivity index (χ1) is 37.2. The first-order valence-corrected chi connectivity index (χ1v) is 25.9. The van der Waals surface area contributed by atoms with Crippen LogP contribution in [0.5, 0.6) is 0 Å². The molecule has 2 aliphatic carbocycles. The van der Waals surface area contributed by atoms with Gasteiger partial charge in [-0.15, -0.1) is 16.4 Å². The first kappa shape index (κ1) is 64.8. The maximum absolute atomic E-state index is 15.1. The number of carbonyl (C=O) groups excluding carboxylic acids is 10. The minimum absolute atomic E-state index is 0. The molecule has 17 N–H and O–H groups in total. The summed E-state index contributed by atoms with van der Waals surface area (Å²) in [7, 11) is 0. The van der Waals surface area contributed by atoms with Gasteiger partial charge in [-0.2, -0.15) is 0 Å². The molecular formula is C51H67FeN15O11S+2. The molecule has 3 aliphatic rings. The van der Waals surface area contributed by atoms with E-state index in [0.29, 0.717) is 11.3 Å². The van der Waals surface area contributed by atoms with Crippen LogP contribution in [-0.2, 0) is 66.6 Å². The first-order valence-electron chi connectivity index (χ1n) is 25.0. The third-order valence-electron chi connectivity index (χ3n) is 12.9. The van der Waals surface area contributed by atoms with E-state index in [2.05, 4.69) is 42.2 Å². The second-order valence-electron chi connectivity index (χ2n) is 18.7. The molecule has 11 amide bonds. The van der Waals surface area contributed by atoms with Gasteiger partial charge in [0.05, 0.1) is 37.2 Å². The van der Waals surface area contributed by atoms with Crippen molar-refractivity contribution in [3.05, 3.63) is 111 Å². The van der Waals surface area contributed by atoms with Crippen molar-refractivity contribution in [1.29, 1.82) is 0 Å². The quantitative estimate of drug-likeness (QED) is 0.0270. The van der Waals surface area contributed by atoms with Crippen LogP contribution in [0, 0.1) is 69.6 Å². The smallest absolute Gasteiger partial charge is 0.394 e. The molecule has 424 valence electrons. The molecule has 1 aromatic carbocycles. The Bertz CT molecular complexity index is 2580. The third kappa shape index (κ3) is 19.2. The van der Waals surface area contributed by atoms with Crippen LogP contribution in [0.4, 0.5) is 4.79 Å². The molecule has 2 saturated carbocycles. The van der Waals surface area contributed by atoms with E-state index >= 15 is 4.79 Å². The van der Waals surface area contributed by atoms with E-state index in [1.807, 2.05) is 87.4 Å². The van der Waals surface area contributed by atoms with E-state index in [0.717, 1.165) is 16.0 Å². The Hall–Kier alpha value is -6.74. The summed E-state index contributed by atoms with van der Waals surface area (Å²) in [4.78, 5) is 133. The molecule has 26 nitrogen and oxygen atoms in total. The zero-order valence-electron chi connectivity index (χ0n) is 43.4. The number of fused-ring (bicyclic) bond motifs is 1. The summed E-state index contributed by atoms with van der Waals surface area (Å²) in [5.74, 6) is -8.55. The van der Waals surface area contributed by atoms with Crippen molar-refractivity contribution in [2.75, 3.05) is 19.7 Å². The molecule has 0 unspecified atom stereocenters. The van der Waals surface area contributed by atoms with Gasteiger partial charge in [0.2, 0.25) is 53.2 Å². The molecule has 0 spiro atoms. The monoisotopic (exact) mass is 1150 g/mol. The second-order valence-corrected chi connectivity index (χ2v) is 19.6. The Morgan fingerprint density at radius 2 is 1.35 bits per heavy atom. The van der Waals surface area contributed by atoms with Gasteiger partial charge in [-0.3, -0.25) is 43.2 Å². The predicted octanol–water partition coefficient (Wildman–Crippen LogP) is -2.88. The molecule has 6 rings (SSSR count). The molecule has 3 aromatic rings. The Kier molecular flexibility index (Phi) is 26.0. The van der Waals surface area contributed by atoms with Gasteiger partial charge < -0.3 is 70.6 Å². The van der Waals surface area contributed by atoms with Crippen LogP contribution in [0.3, 0.4) is 0 Å². The number of likely N-dealkylation sites (tertiary alicyclic amines) is 1. The summed E-state index contributed by atoms with van der Waals surface area (Å²) >= 11 is 1.41. The number of thiophene rings is 1. The van der Waals surface area contributed by atoms with Gasteiger partial charge in [0.15, 0.2) is 0 Å². The van der Waals surface area contributed by atoms with Crippen LogP contribution < -0.4 is 60.6 Å². The Balaban J connectivity index is 0.00000212. The summed E-state index contributed by atoms with van der Waals surface area (Å²) in [6, 6.07) is -4.44. The molecule has 2 aromatic heterocycles. The average molecular weight is 1150 g/mol. The van der Waals surface area contributed by atoms with Gasteiger partial charge in [0.1, 0.15) is 36.3 Å². The number of amides is 11. The molecule has 10 radical (unpaired) electrons.